The van der Waals surface area contributed by atoms with Crippen molar-refractivity contribution in [2.45, 2.75) is 56.4 Å². The lowest BCUT2D eigenvalue weighted by Gasteiger charge is -2.35. The van der Waals surface area contributed by atoms with Crippen LogP contribution in [0.2, 0.25) is 5.02 Å². The Bertz CT molecular complexity index is 436. The van der Waals surface area contributed by atoms with Crippen molar-refractivity contribution in [3.63, 3.8) is 0 Å². The highest BCUT2D eigenvalue weighted by atomic mass is 35.5. The van der Waals surface area contributed by atoms with Crippen LogP contribution in [0.25, 0.3) is 0 Å². The van der Waals surface area contributed by atoms with Crippen LogP contribution in [0.5, 0.6) is 5.75 Å². The molecule has 3 rings (SSSR count). The number of hydrogen-bond acceptors (Lipinski definition) is 3. The van der Waals surface area contributed by atoms with Gasteiger partial charge in [-0.3, -0.25) is 0 Å². The Balaban J connectivity index is 1.62. The van der Waals surface area contributed by atoms with Crippen LogP contribution >= 0.6 is 11.6 Å². The number of ether oxygens (including phenoxy) is 1. The largest absolute Gasteiger partial charge is 0.488 e. The lowest BCUT2D eigenvalue weighted by atomic mass is 9.89. The third-order valence-corrected chi connectivity index (χ3v) is 4.14. The highest BCUT2D eigenvalue weighted by Crippen LogP contribution is 2.28. The molecule has 0 aliphatic heterocycles. The average molecular weight is 282 g/mol. The van der Waals surface area contributed by atoms with Crippen molar-refractivity contribution < 1.29 is 9.84 Å². The third-order valence-electron chi connectivity index (χ3n) is 3.91. The van der Waals surface area contributed by atoms with E-state index in [1.165, 1.54) is 12.8 Å². The van der Waals surface area contributed by atoms with Crippen LogP contribution in [-0.4, -0.2) is 29.4 Å². The number of hydrogen-bond donors (Lipinski definition) is 2. The van der Waals surface area contributed by atoms with Crippen molar-refractivity contribution in [1.82, 2.24) is 5.32 Å². The lowest BCUT2D eigenvalue weighted by Crippen LogP contribution is -2.51. The molecule has 0 saturated heterocycles. The smallest absolute Gasteiger partial charge is 0.126 e. The minimum atomic E-state index is -0.437. The fourth-order valence-corrected chi connectivity index (χ4v) is 2.90. The van der Waals surface area contributed by atoms with Crippen LogP contribution in [0.15, 0.2) is 24.3 Å². The summed E-state index contributed by atoms with van der Waals surface area (Å²) in [6, 6.07) is 8.16. The van der Waals surface area contributed by atoms with Gasteiger partial charge in [-0.1, -0.05) is 17.7 Å². The first-order chi connectivity index (χ1) is 9.22. The number of rotatable bonds is 4. The summed E-state index contributed by atoms with van der Waals surface area (Å²) in [6.45, 7) is 0. The fourth-order valence-electron chi connectivity index (χ4n) is 2.72. The molecule has 1 aromatic carbocycles. The van der Waals surface area contributed by atoms with E-state index in [9.17, 15) is 5.11 Å². The number of nitrogens with one attached hydrogen (secondary N) is 1. The monoisotopic (exact) mass is 281 g/mol. The van der Waals surface area contributed by atoms with Gasteiger partial charge in [0.25, 0.3) is 0 Å². The van der Waals surface area contributed by atoms with Gasteiger partial charge in [-0.05, 0) is 50.3 Å². The molecule has 3 atom stereocenters. The third kappa shape index (κ3) is 3.41. The van der Waals surface area contributed by atoms with Gasteiger partial charge in [0.15, 0.2) is 0 Å². The first-order valence-electron chi connectivity index (χ1n) is 7.09. The van der Waals surface area contributed by atoms with Crippen LogP contribution < -0.4 is 10.1 Å². The predicted octanol–water partition coefficient (Wildman–Crippen LogP) is 2.75. The molecule has 0 heterocycles. The van der Waals surface area contributed by atoms with Gasteiger partial charge >= 0.3 is 0 Å². The normalized spacial score (nSPS) is 31.2. The van der Waals surface area contributed by atoms with E-state index in [0.717, 1.165) is 25.0 Å². The Hall–Kier alpha value is -0.770. The Morgan fingerprint density at radius 3 is 2.79 bits per heavy atom. The summed E-state index contributed by atoms with van der Waals surface area (Å²) in [5.41, 5.74) is 0. The standard InChI is InChI=1S/C15H20ClNO2/c16-10-3-1-4-12(9-10)19-14-6-2-5-13(15(14)18)17-11-7-8-11/h1,3-4,9,11,13-15,17-18H,2,5-8H2/t13-,14+,15+/m0/s1. The van der Waals surface area contributed by atoms with Gasteiger partial charge in [0, 0.05) is 17.1 Å². The van der Waals surface area contributed by atoms with Crippen molar-refractivity contribution in [2.75, 3.05) is 0 Å². The predicted molar refractivity (Wildman–Crippen MR) is 75.7 cm³/mol. The SMILES string of the molecule is O[C@@H]1[C@@H](NC2CC2)CCC[C@H]1Oc1cccc(Cl)c1. The van der Waals surface area contributed by atoms with Gasteiger partial charge in [-0.15, -0.1) is 0 Å². The minimum Gasteiger partial charge on any atom is -0.488 e. The summed E-state index contributed by atoms with van der Waals surface area (Å²) >= 11 is 5.95. The van der Waals surface area contributed by atoms with E-state index in [-0.39, 0.29) is 12.1 Å². The second-order valence-electron chi connectivity index (χ2n) is 5.58. The van der Waals surface area contributed by atoms with Crippen molar-refractivity contribution in [3.05, 3.63) is 29.3 Å². The van der Waals surface area contributed by atoms with Crippen LogP contribution in [0.1, 0.15) is 32.1 Å². The summed E-state index contributed by atoms with van der Waals surface area (Å²) in [5.74, 6) is 0.739. The first kappa shape index (κ1) is 13.2. The maximum atomic E-state index is 10.4. The van der Waals surface area contributed by atoms with Gasteiger partial charge in [0.1, 0.15) is 18.0 Å². The Morgan fingerprint density at radius 1 is 1.21 bits per heavy atom. The van der Waals surface area contributed by atoms with E-state index in [0.29, 0.717) is 11.1 Å². The molecule has 0 spiro atoms. The molecule has 0 unspecified atom stereocenters. The Labute approximate surface area is 118 Å². The molecule has 2 N–H and O–H groups in total. The maximum absolute atomic E-state index is 10.4. The molecular weight excluding hydrogens is 262 g/mol. The Morgan fingerprint density at radius 2 is 2.05 bits per heavy atom. The molecule has 0 bridgehead atoms. The molecular formula is C15H20ClNO2. The highest BCUT2D eigenvalue weighted by molar-refractivity contribution is 6.30. The zero-order chi connectivity index (χ0) is 13.2. The summed E-state index contributed by atoms with van der Waals surface area (Å²) in [7, 11) is 0. The van der Waals surface area contributed by atoms with E-state index in [1.54, 1.807) is 6.07 Å². The van der Waals surface area contributed by atoms with Crippen LogP contribution in [0, 0.1) is 0 Å². The molecule has 0 aromatic heterocycles. The Kier molecular flexibility index (Phi) is 3.96. The molecule has 19 heavy (non-hydrogen) atoms. The summed E-state index contributed by atoms with van der Waals surface area (Å²) < 4.78 is 5.91. The number of benzene rings is 1. The maximum Gasteiger partial charge on any atom is 0.126 e. The van der Waals surface area contributed by atoms with E-state index in [2.05, 4.69) is 5.32 Å². The lowest BCUT2D eigenvalue weighted by molar-refractivity contribution is -0.0157. The van der Waals surface area contributed by atoms with Gasteiger partial charge in [0.05, 0.1) is 0 Å². The molecule has 3 nitrogen and oxygen atoms in total. The molecule has 2 aliphatic rings. The van der Waals surface area contributed by atoms with Crippen molar-refractivity contribution in [2.24, 2.45) is 0 Å². The molecule has 0 radical (unpaired) electrons. The first-order valence-corrected chi connectivity index (χ1v) is 7.46. The summed E-state index contributed by atoms with van der Waals surface area (Å²) in [6.07, 6.45) is 4.93. The van der Waals surface area contributed by atoms with Crippen molar-refractivity contribution in [3.8, 4) is 5.75 Å². The second-order valence-corrected chi connectivity index (χ2v) is 6.02. The van der Waals surface area contributed by atoms with Gasteiger partial charge in [0.2, 0.25) is 0 Å². The van der Waals surface area contributed by atoms with Gasteiger partial charge < -0.3 is 15.2 Å². The number of aliphatic hydroxyl groups is 1. The quantitative estimate of drug-likeness (QED) is 0.892. The van der Waals surface area contributed by atoms with E-state index in [1.807, 2.05) is 18.2 Å². The number of halogens is 1. The molecule has 4 heteroatoms. The van der Waals surface area contributed by atoms with Crippen molar-refractivity contribution in [1.29, 1.82) is 0 Å². The topological polar surface area (TPSA) is 41.5 Å². The molecule has 0 amide bonds. The molecule has 104 valence electrons. The second kappa shape index (κ2) is 5.70. The van der Waals surface area contributed by atoms with Gasteiger partial charge in [-0.25, -0.2) is 0 Å². The summed E-state index contributed by atoms with van der Waals surface area (Å²) in [5, 5.41) is 14.6. The molecule has 2 fully saturated rings. The molecule has 2 aliphatic carbocycles. The van der Waals surface area contributed by atoms with Crippen LogP contribution in [0.4, 0.5) is 0 Å². The van der Waals surface area contributed by atoms with E-state index < -0.39 is 6.10 Å². The zero-order valence-electron chi connectivity index (χ0n) is 10.9. The highest BCUT2D eigenvalue weighted by Gasteiger charge is 2.36. The van der Waals surface area contributed by atoms with E-state index >= 15 is 0 Å². The zero-order valence-corrected chi connectivity index (χ0v) is 11.6. The summed E-state index contributed by atoms with van der Waals surface area (Å²) in [4.78, 5) is 0. The van der Waals surface area contributed by atoms with Gasteiger partial charge in [-0.2, -0.15) is 0 Å². The van der Waals surface area contributed by atoms with E-state index in [4.69, 9.17) is 16.3 Å². The van der Waals surface area contributed by atoms with Crippen molar-refractivity contribution >= 4 is 11.6 Å². The minimum absolute atomic E-state index is 0.136. The van der Waals surface area contributed by atoms with Crippen LogP contribution in [-0.2, 0) is 0 Å². The van der Waals surface area contributed by atoms with Crippen LogP contribution in [0.3, 0.4) is 0 Å². The molecule has 2 saturated carbocycles. The fraction of sp³-hybridized carbons (Fsp3) is 0.600. The molecule has 1 aromatic rings. The number of aliphatic hydroxyl groups excluding tert-OH is 1. The average Bonchev–Trinajstić information content (AvgIpc) is 3.18.